The molecule has 0 spiro atoms. The molecular formula is C11H14FNO3. The highest BCUT2D eigenvalue weighted by molar-refractivity contribution is 5.75. The Labute approximate surface area is 92.5 Å². The van der Waals surface area contributed by atoms with Crippen LogP contribution in [0.25, 0.3) is 0 Å². The van der Waals surface area contributed by atoms with Crippen LogP contribution < -0.4 is 5.73 Å². The van der Waals surface area contributed by atoms with Gasteiger partial charge in [0.25, 0.3) is 0 Å². The van der Waals surface area contributed by atoms with Crippen molar-refractivity contribution in [2.45, 2.75) is 25.3 Å². The van der Waals surface area contributed by atoms with Crippen LogP contribution in [0.4, 0.5) is 4.39 Å². The lowest BCUT2D eigenvalue weighted by molar-refractivity contribution is -0.140. The Balaban J connectivity index is 3.16. The van der Waals surface area contributed by atoms with Crippen molar-refractivity contribution in [2.24, 2.45) is 5.73 Å². The van der Waals surface area contributed by atoms with Crippen molar-refractivity contribution in [1.82, 2.24) is 0 Å². The van der Waals surface area contributed by atoms with E-state index in [0.717, 1.165) is 6.07 Å². The van der Waals surface area contributed by atoms with Gasteiger partial charge in [0, 0.05) is 5.41 Å². The van der Waals surface area contributed by atoms with Gasteiger partial charge in [0.05, 0.1) is 0 Å². The van der Waals surface area contributed by atoms with E-state index in [0.29, 0.717) is 5.56 Å². The fourth-order valence-corrected chi connectivity index (χ4v) is 1.40. The first-order chi connectivity index (χ1) is 7.26. The summed E-state index contributed by atoms with van der Waals surface area (Å²) in [5.41, 5.74) is 5.04. The standard InChI is InChI=1S/C11H14FNO3/c1-11(2,9(13)10(15)16)6-3-4-8(14)7(12)5-6/h3-5,9,14H,13H2,1-2H3,(H,15,16). The number of carbonyl (C=O) groups is 1. The maximum Gasteiger partial charge on any atom is 0.321 e. The predicted molar refractivity (Wildman–Crippen MR) is 56.7 cm³/mol. The van der Waals surface area contributed by atoms with E-state index in [2.05, 4.69) is 0 Å². The van der Waals surface area contributed by atoms with E-state index in [-0.39, 0.29) is 0 Å². The van der Waals surface area contributed by atoms with Crippen LogP contribution in [0.1, 0.15) is 19.4 Å². The van der Waals surface area contributed by atoms with Gasteiger partial charge in [-0.3, -0.25) is 4.79 Å². The zero-order valence-corrected chi connectivity index (χ0v) is 9.07. The molecule has 0 aliphatic carbocycles. The Morgan fingerprint density at radius 1 is 1.50 bits per heavy atom. The fraction of sp³-hybridized carbons (Fsp3) is 0.364. The van der Waals surface area contributed by atoms with Gasteiger partial charge in [-0.25, -0.2) is 4.39 Å². The monoisotopic (exact) mass is 227 g/mol. The van der Waals surface area contributed by atoms with Crippen LogP contribution in [0.15, 0.2) is 18.2 Å². The van der Waals surface area contributed by atoms with Crippen molar-refractivity contribution >= 4 is 5.97 Å². The molecule has 1 rings (SSSR count). The van der Waals surface area contributed by atoms with Crippen molar-refractivity contribution in [3.63, 3.8) is 0 Å². The van der Waals surface area contributed by atoms with Crippen molar-refractivity contribution in [3.8, 4) is 5.75 Å². The SMILES string of the molecule is CC(C)(c1ccc(O)c(F)c1)C(N)C(=O)O. The summed E-state index contributed by atoms with van der Waals surface area (Å²) in [6.07, 6.45) is 0. The highest BCUT2D eigenvalue weighted by Gasteiger charge is 2.34. The Morgan fingerprint density at radius 3 is 2.50 bits per heavy atom. The van der Waals surface area contributed by atoms with Crippen molar-refractivity contribution in [2.75, 3.05) is 0 Å². The second-order valence-corrected chi connectivity index (χ2v) is 4.20. The molecular weight excluding hydrogens is 213 g/mol. The van der Waals surface area contributed by atoms with Gasteiger partial charge < -0.3 is 15.9 Å². The molecule has 0 aliphatic rings. The first-order valence-electron chi connectivity index (χ1n) is 4.74. The number of aliphatic carboxylic acids is 1. The first-order valence-corrected chi connectivity index (χ1v) is 4.74. The third-order valence-corrected chi connectivity index (χ3v) is 2.74. The normalized spacial score (nSPS) is 13.5. The average molecular weight is 227 g/mol. The molecule has 0 saturated carbocycles. The van der Waals surface area contributed by atoms with Gasteiger partial charge in [-0.2, -0.15) is 0 Å². The second kappa shape index (κ2) is 4.09. The van der Waals surface area contributed by atoms with Crippen LogP contribution in [0.5, 0.6) is 5.75 Å². The van der Waals surface area contributed by atoms with Crippen LogP contribution >= 0.6 is 0 Å². The minimum atomic E-state index is -1.15. The molecule has 0 aliphatic heterocycles. The molecule has 1 atom stereocenters. The quantitative estimate of drug-likeness (QED) is 0.725. The number of hydrogen-bond donors (Lipinski definition) is 3. The summed E-state index contributed by atoms with van der Waals surface area (Å²) in [7, 11) is 0. The molecule has 0 radical (unpaired) electrons. The van der Waals surface area contributed by atoms with E-state index in [4.69, 9.17) is 15.9 Å². The molecule has 1 aromatic carbocycles. The van der Waals surface area contributed by atoms with E-state index in [1.165, 1.54) is 12.1 Å². The Hall–Kier alpha value is -1.62. The van der Waals surface area contributed by atoms with Crippen LogP contribution in [0.3, 0.4) is 0 Å². The summed E-state index contributed by atoms with van der Waals surface area (Å²) >= 11 is 0. The molecule has 0 heterocycles. The summed E-state index contributed by atoms with van der Waals surface area (Å²) < 4.78 is 13.1. The maximum atomic E-state index is 13.1. The lowest BCUT2D eigenvalue weighted by Crippen LogP contribution is -2.46. The summed E-state index contributed by atoms with van der Waals surface area (Å²) in [5.74, 6) is -2.41. The molecule has 16 heavy (non-hydrogen) atoms. The van der Waals surface area contributed by atoms with E-state index >= 15 is 0 Å². The molecule has 0 saturated heterocycles. The van der Waals surface area contributed by atoms with Gasteiger partial charge in [0.15, 0.2) is 11.6 Å². The third kappa shape index (κ3) is 2.14. The Kier molecular flexibility index (Phi) is 3.19. The maximum absolute atomic E-state index is 13.1. The average Bonchev–Trinajstić information content (AvgIpc) is 2.20. The van der Waals surface area contributed by atoms with Gasteiger partial charge in [0.1, 0.15) is 6.04 Å². The number of rotatable bonds is 3. The number of nitrogens with two attached hydrogens (primary N) is 1. The van der Waals surface area contributed by atoms with Crippen molar-refractivity contribution in [3.05, 3.63) is 29.6 Å². The van der Waals surface area contributed by atoms with E-state index < -0.39 is 29.0 Å². The van der Waals surface area contributed by atoms with Crippen LogP contribution in [0.2, 0.25) is 0 Å². The minimum absolute atomic E-state index is 0.428. The predicted octanol–water partition coefficient (Wildman–Crippen LogP) is 1.22. The molecule has 0 aromatic heterocycles. The van der Waals surface area contributed by atoms with Gasteiger partial charge >= 0.3 is 5.97 Å². The van der Waals surface area contributed by atoms with Gasteiger partial charge in [0.2, 0.25) is 0 Å². The summed E-state index contributed by atoms with van der Waals surface area (Å²) in [6, 6.07) is 2.59. The molecule has 88 valence electrons. The van der Waals surface area contributed by atoms with E-state index in [1.807, 2.05) is 0 Å². The molecule has 4 nitrogen and oxygen atoms in total. The van der Waals surface area contributed by atoms with Crippen LogP contribution in [-0.2, 0) is 10.2 Å². The third-order valence-electron chi connectivity index (χ3n) is 2.74. The summed E-state index contributed by atoms with van der Waals surface area (Å²) in [4.78, 5) is 10.8. The number of carboxylic acid groups (broad SMARTS) is 1. The van der Waals surface area contributed by atoms with Gasteiger partial charge in [-0.05, 0) is 17.7 Å². The fourth-order valence-electron chi connectivity index (χ4n) is 1.40. The molecule has 5 heteroatoms. The highest BCUT2D eigenvalue weighted by Crippen LogP contribution is 2.29. The number of phenols is 1. The smallest absolute Gasteiger partial charge is 0.321 e. The van der Waals surface area contributed by atoms with Gasteiger partial charge in [-0.15, -0.1) is 0 Å². The molecule has 4 N–H and O–H groups in total. The Bertz CT molecular complexity index is 418. The first kappa shape index (κ1) is 12.4. The number of halogens is 1. The topological polar surface area (TPSA) is 83.5 Å². The lowest BCUT2D eigenvalue weighted by atomic mass is 9.78. The molecule has 1 unspecified atom stereocenters. The van der Waals surface area contributed by atoms with Crippen molar-refractivity contribution < 1.29 is 19.4 Å². The summed E-state index contributed by atoms with van der Waals surface area (Å²) in [5, 5.41) is 17.9. The number of carboxylic acids is 1. The second-order valence-electron chi connectivity index (χ2n) is 4.20. The van der Waals surface area contributed by atoms with Crippen molar-refractivity contribution in [1.29, 1.82) is 0 Å². The number of aromatic hydroxyl groups is 1. The van der Waals surface area contributed by atoms with Gasteiger partial charge in [-0.1, -0.05) is 19.9 Å². The highest BCUT2D eigenvalue weighted by atomic mass is 19.1. The number of hydrogen-bond acceptors (Lipinski definition) is 3. The molecule has 0 fully saturated rings. The largest absolute Gasteiger partial charge is 0.505 e. The van der Waals surface area contributed by atoms with E-state index in [1.54, 1.807) is 13.8 Å². The minimum Gasteiger partial charge on any atom is -0.505 e. The zero-order valence-electron chi connectivity index (χ0n) is 9.07. The summed E-state index contributed by atoms with van der Waals surface area (Å²) in [6.45, 7) is 3.22. The molecule has 1 aromatic rings. The van der Waals surface area contributed by atoms with Crippen LogP contribution in [0, 0.1) is 5.82 Å². The zero-order chi connectivity index (χ0) is 12.5. The molecule has 0 bridgehead atoms. The van der Waals surface area contributed by atoms with E-state index in [9.17, 15) is 9.18 Å². The molecule has 0 amide bonds. The Morgan fingerprint density at radius 2 is 2.06 bits per heavy atom. The lowest BCUT2D eigenvalue weighted by Gasteiger charge is -2.29. The number of phenolic OH excluding ortho intramolecular Hbond substituents is 1. The van der Waals surface area contributed by atoms with Crippen LogP contribution in [-0.4, -0.2) is 22.2 Å². The number of benzene rings is 1.